The van der Waals surface area contributed by atoms with Crippen LogP contribution in [0.15, 0.2) is 48.5 Å². The number of hydrogen-bond donors (Lipinski definition) is 3. The van der Waals surface area contributed by atoms with E-state index in [1.165, 1.54) is 0 Å². The molecule has 2 aromatic rings. The minimum Gasteiger partial charge on any atom is -0.481 e. The average molecular weight is 481 g/mol. The zero-order valence-electron chi connectivity index (χ0n) is 20.8. The Bertz CT molecular complexity index is 1000. The van der Waals surface area contributed by atoms with Crippen molar-refractivity contribution in [2.75, 3.05) is 19.7 Å². The summed E-state index contributed by atoms with van der Waals surface area (Å²) in [5, 5.41) is 14.7. The minimum absolute atomic E-state index is 0.0139. The number of carbonyl (C=O) groups is 3. The standard InChI is InChI=1S/C28H36N2O5/c1-4-19(15-25(31)32)16-29-26(33)28(5-2,6-3)18-30-27(34)35-17-24-22-13-9-7-11-20(22)21-12-8-10-14-23(21)24/h7-14,19,24H,4-6,15-18H2,1-3H3,(H,29,33)(H,30,34)(H,31,32). The van der Waals surface area contributed by atoms with Crippen LogP contribution in [0.1, 0.15) is 63.5 Å². The molecule has 188 valence electrons. The normalized spacial score (nSPS) is 13.5. The van der Waals surface area contributed by atoms with Crippen molar-refractivity contribution in [1.29, 1.82) is 0 Å². The summed E-state index contributed by atoms with van der Waals surface area (Å²) in [4.78, 5) is 36.7. The lowest BCUT2D eigenvalue weighted by molar-refractivity contribution is -0.138. The van der Waals surface area contributed by atoms with Crippen molar-refractivity contribution < 1.29 is 24.2 Å². The number of aliphatic carboxylic acids is 1. The van der Waals surface area contributed by atoms with Gasteiger partial charge in [-0.05, 0) is 41.0 Å². The monoisotopic (exact) mass is 480 g/mol. The van der Waals surface area contributed by atoms with Crippen LogP contribution >= 0.6 is 0 Å². The number of carboxylic acid groups (broad SMARTS) is 1. The first kappa shape index (κ1) is 26.3. The maximum Gasteiger partial charge on any atom is 0.407 e. The summed E-state index contributed by atoms with van der Waals surface area (Å²) in [5.41, 5.74) is 3.83. The van der Waals surface area contributed by atoms with E-state index in [4.69, 9.17) is 9.84 Å². The van der Waals surface area contributed by atoms with Crippen molar-refractivity contribution in [3.8, 4) is 11.1 Å². The van der Waals surface area contributed by atoms with Crippen LogP contribution in [0.3, 0.4) is 0 Å². The number of nitrogens with one attached hydrogen (secondary N) is 2. The van der Waals surface area contributed by atoms with E-state index in [2.05, 4.69) is 34.9 Å². The van der Waals surface area contributed by atoms with E-state index in [1.54, 1.807) is 0 Å². The van der Waals surface area contributed by atoms with Gasteiger partial charge in [-0.1, -0.05) is 75.7 Å². The van der Waals surface area contributed by atoms with Gasteiger partial charge in [0.2, 0.25) is 5.91 Å². The van der Waals surface area contributed by atoms with Crippen molar-refractivity contribution in [1.82, 2.24) is 10.6 Å². The molecule has 0 spiro atoms. The smallest absolute Gasteiger partial charge is 0.407 e. The van der Waals surface area contributed by atoms with Gasteiger partial charge < -0.3 is 20.5 Å². The van der Waals surface area contributed by atoms with Gasteiger partial charge in [0, 0.05) is 25.4 Å². The van der Waals surface area contributed by atoms with Crippen molar-refractivity contribution >= 4 is 18.0 Å². The number of carbonyl (C=O) groups excluding carboxylic acids is 2. The molecule has 3 N–H and O–H groups in total. The van der Waals surface area contributed by atoms with E-state index in [-0.39, 0.29) is 37.3 Å². The molecule has 2 amide bonds. The predicted molar refractivity (Wildman–Crippen MR) is 135 cm³/mol. The molecule has 3 rings (SSSR count). The molecule has 0 saturated carbocycles. The summed E-state index contributed by atoms with van der Waals surface area (Å²) in [6.45, 7) is 6.40. The highest BCUT2D eigenvalue weighted by Gasteiger charge is 2.36. The maximum absolute atomic E-state index is 13.0. The van der Waals surface area contributed by atoms with Crippen molar-refractivity contribution in [3.63, 3.8) is 0 Å². The van der Waals surface area contributed by atoms with Gasteiger partial charge in [-0.2, -0.15) is 0 Å². The highest BCUT2D eigenvalue weighted by atomic mass is 16.5. The second kappa shape index (κ2) is 11.9. The third-order valence-electron chi connectivity index (χ3n) is 7.34. The molecule has 0 bridgehead atoms. The van der Waals surface area contributed by atoms with Crippen LogP contribution < -0.4 is 10.6 Å². The van der Waals surface area contributed by atoms with E-state index < -0.39 is 17.5 Å². The SMILES string of the molecule is CCC(CNC(=O)C(CC)(CC)CNC(=O)OCC1c2ccccc2-c2ccccc21)CC(=O)O. The highest BCUT2D eigenvalue weighted by Crippen LogP contribution is 2.44. The van der Waals surface area contributed by atoms with Crippen LogP contribution in [0.5, 0.6) is 0 Å². The Kier molecular flexibility index (Phi) is 8.90. The Labute approximate surface area is 207 Å². The summed E-state index contributed by atoms with van der Waals surface area (Å²) < 4.78 is 5.62. The first-order valence-electron chi connectivity index (χ1n) is 12.4. The predicted octanol–water partition coefficient (Wildman–Crippen LogP) is 4.95. The molecule has 35 heavy (non-hydrogen) atoms. The molecule has 0 aliphatic heterocycles. The van der Waals surface area contributed by atoms with Crippen LogP contribution in [-0.4, -0.2) is 42.8 Å². The van der Waals surface area contributed by atoms with Crippen LogP contribution in [0, 0.1) is 11.3 Å². The van der Waals surface area contributed by atoms with E-state index >= 15 is 0 Å². The fourth-order valence-electron chi connectivity index (χ4n) is 4.82. The van der Waals surface area contributed by atoms with E-state index in [9.17, 15) is 14.4 Å². The Morgan fingerprint density at radius 3 is 2.03 bits per heavy atom. The van der Waals surface area contributed by atoms with Crippen molar-refractivity contribution in [2.24, 2.45) is 11.3 Å². The highest BCUT2D eigenvalue weighted by molar-refractivity contribution is 5.83. The van der Waals surface area contributed by atoms with Gasteiger partial charge in [0.1, 0.15) is 6.61 Å². The Morgan fingerprint density at radius 1 is 0.943 bits per heavy atom. The Morgan fingerprint density at radius 2 is 1.51 bits per heavy atom. The summed E-state index contributed by atoms with van der Waals surface area (Å²) in [7, 11) is 0. The molecular formula is C28H36N2O5. The van der Waals surface area contributed by atoms with E-state index in [0.29, 0.717) is 25.8 Å². The summed E-state index contributed by atoms with van der Waals surface area (Å²) in [6.07, 6.45) is 1.20. The number of carboxylic acids is 1. The number of amides is 2. The second-order valence-electron chi connectivity index (χ2n) is 9.25. The first-order valence-corrected chi connectivity index (χ1v) is 12.4. The molecule has 7 heteroatoms. The minimum atomic E-state index is -0.875. The lowest BCUT2D eigenvalue weighted by Crippen LogP contribution is -2.49. The molecule has 1 unspecified atom stereocenters. The lowest BCUT2D eigenvalue weighted by Gasteiger charge is -2.31. The Balaban J connectivity index is 1.58. The van der Waals surface area contributed by atoms with Gasteiger partial charge in [0.15, 0.2) is 0 Å². The molecule has 0 saturated heterocycles. The number of hydrogen-bond acceptors (Lipinski definition) is 4. The third kappa shape index (κ3) is 6.02. The van der Waals surface area contributed by atoms with Gasteiger partial charge in [-0.15, -0.1) is 0 Å². The molecule has 1 atom stereocenters. The molecule has 1 aliphatic rings. The molecule has 2 aromatic carbocycles. The second-order valence-corrected chi connectivity index (χ2v) is 9.25. The summed E-state index contributed by atoms with van der Waals surface area (Å²) in [5.74, 6) is -1.21. The topological polar surface area (TPSA) is 105 Å². The van der Waals surface area contributed by atoms with Gasteiger partial charge >= 0.3 is 12.1 Å². The number of rotatable bonds is 12. The van der Waals surface area contributed by atoms with Crippen LogP contribution in [-0.2, 0) is 14.3 Å². The first-order chi connectivity index (χ1) is 16.8. The average Bonchev–Trinajstić information content (AvgIpc) is 3.19. The van der Waals surface area contributed by atoms with E-state index in [1.807, 2.05) is 45.0 Å². The lowest BCUT2D eigenvalue weighted by atomic mass is 9.81. The van der Waals surface area contributed by atoms with Crippen LogP contribution in [0.2, 0.25) is 0 Å². The van der Waals surface area contributed by atoms with Crippen molar-refractivity contribution in [2.45, 2.75) is 52.4 Å². The summed E-state index contributed by atoms with van der Waals surface area (Å²) in [6, 6.07) is 16.3. The molecule has 0 aromatic heterocycles. The van der Waals surface area contributed by atoms with Crippen LogP contribution in [0.4, 0.5) is 4.79 Å². The largest absolute Gasteiger partial charge is 0.481 e. The van der Waals surface area contributed by atoms with Gasteiger partial charge in [-0.25, -0.2) is 4.79 Å². The molecular weight excluding hydrogens is 444 g/mol. The molecule has 1 aliphatic carbocycles. The van der Waals surface area contributed by atoms with Crippen LogP contribution in [0.25, 0.3) is 11.1 Å². The maximum atomic E-state index is 13.0. The number of ether oxygens (including phenoxy) is 1. The van der Waals surface area contributed by atoms with Gasteiger partial charge in [-0.3, -0.25) is 9.59 Å². The number of benzene rings is 2. The zero-order valence-corrected chi connectivity index (χ0v) is 20.8. The summed E-state index contributed by atoms with van der Waals surface area (Å²) >= 11 is 0. The molecule has 7 nitrogen and oxygen atoms in total. The quantitative estimate of drug-likeness (QED) is 0.399. The van der Waals surface area contributed by atoms with Crippen molar-refractivity contribution in [3.05, 3.63) is 59.7 Å². The zero-order chi connectivity index (χ0) is 25.4. The number of alkyl carbamates (subject to hydrolysis) is 1. The molecule has 0 heterocycles. The molecule has 0 radical (unpaired) electrons. The Hall–Kier alpha value is -3.35. The third-order valence-corrected chi connectivity index (χ3v) is 7.34. The van der Waals surface area contributed by atoms with Gasteiger partial charge in [0.25, 0.3) is 0 Å². The van der Waals surface area contributed by atoms with Gasteiger partial charge in [0.05, 0.1) is 5.41 Å². The fraction of sp³-hybridized carbons (Fsp3) is 0.464. The fourth-order valence-corrected chi connectivity index (χ4v) is 4.82. The molecule has 0 fully saturated rings. The number of fused-ring (bicyclic) bond motifs is 3. The van der Waals surface area contributed by atoms with E-state index in [0.717, 1.165) is 22.3 Å².